The van der Waals surface area contributed by atoms with Crippen LogP contribution in [-0.2, 0) is 11.3 Å². The average Bonchev–Trinajstić information content (AvgIpc) is 2.99. The Kier molecular flexibility index (Phi) is 4.54. The topological polar surface area (TPSA) is 35.6 Å². The quantitative estimate of drug-likeness (QED) is 0.340. The third-order valence-corrected chi connectivity index (χ3v) is 4.79. The lowest BCUT2D eigenvalue weighted by Crippen LogP contribution is -2.14. The molecule has 1 aromatic heterocycles. The van der Waals surface area contributed by atoms with Gasteiger partial charge in [0.05, 0.1) is 13.2 Å². The van der Waals surface area contributed by atoms with Gasteiger partial charge in [-0.1, -0.05) is 54.6 Å². The van der Waals surface area contributed by atoms with Crippen molar-refractivity contribution in [2.75, 3.05) is 6.61 Å². The minimum absolute atomic E-state index is 0.119. The summed E-state index contributed by atoms with van der Waals surface area (Å²) in [5.74, 6) is -1.33. The van der Waals surface area contributed by atoms with Gasteiger partial charge in [-0.05, 0) is 29.3 Å². The zero-order valence-corrected chi connectivity index (χ0v) is 15.3. The Bertz CT molecular complexity index is 1250. The Balaban J connectivity index is 1.97. The minimum Gasteiger partial charge on any atom is -0.461 e. The van der Waals surface area contributed by atoms with Crippen molar-refractivity contribution in [3.8, 4) is 0 Å². The van der Waals surface area contributed by atoms with Gasteiger partial charge < -0.3 is 9.30 Å². The van der Waals surface area contributed by atoms with Gasteiger partial charge in [-0.2, -0.15) is 0 Å². The standard InChI is InChI=1S/C23H17FN2O2/c1-3-28-23(27)22-21(24)19-12-11-17(25-2)13-20(19)26(22)14-16-9-6-8-15-7-4-5-10-18(15)16/h4-13H,3,14H2,1H3. The van der Waals surface area contributed by atoms with E-state index in [1.807, 2.05) is 42.5 Å². The van der Waals surface area contributed by atoms with Crippen LogP contribution >= 0.6 is 0 Å². The average molecular weight is 372 g/mol. The Morgan fingerprint density at radius 3 is 2.68 bits per heavy atom. The van der Waals surface area contributed by atoms with Crippen LogP contribution in [-0.4, -0.2) is 17.1 Å². The highest BCUT2D eigenvalue weighted by Gasteiger charge is 2.25. The molecule has 28 heavy (non-hydrogen) atoms. The maximum Gasteiger partial charge on any atom is 0.358 e. The van der Waals surface area contributed by atoms with E-state index in [9.17, 15) is 4.79 Å². The Morgan fingerprint density at radius 2 is 1.89 bits per heavy atom. The van der Waals surface area contributed by atoms with Crippen LogP contribution < -0.4 is 0 Å². The van der Waals surface area contributed by atoms with Gasteiger partial charge >= 0.3 is 5.97 Å². The molecule has 0 bridgehead atoms. The molecule has 4 aromatic rings. The normalized spacial score (nSPS) is 10.9. The number of esters is 1. The van der Waals surface area contributed by atoms with E-state index in [1.165, 1.54) is 0 Å². The fraction of sp³-hybridized carbons (Fsp3) is 0.130. The highest BCUT2D eigenvalue weighted by atomic mass is 19.1. The summed E-state index contributed by atoms with van der Waals surface area (Å²) in [5.41, 5.74) is 1.72. The van der Waals surface area contributed by atoms with Crippen LogP contribution in [0, 0.1) is 12.4 Å². The van der Waals surface area contributed by atoms with Crippen molar-refractivity contribution in [1.82, 2.24) is 4.57 Å². The van der Waals surface area contributed by atoms with E-state index in [1.54, 1.807) is 29.7 Å². The molecule has 138 valence electrons. The van der Waals surface area contributed by atoms with Crippen molar-refractivity contribution >= 4 is 33.3 Å². The van der Waals surface area contributed by atoms with E-state index in [0.717, 1.165) is 16.3 Å². The molecule has 0 spiro atoms. The third kappa shape index (κ3) is 2.89. The number of hydrogen-bond donors (Lipinski definition) is 0. The lowest BCUT2D eigenvalue weighted by molar-refractivity contribution is 0.0509. The number of halogens is 1. The molecular formula is C23H17FN2O2. The lowest BCUT2D eigenvalue weighted by atomic mass is 10.0. The number of hydrogen-bond acceptors (Lipinski definition) is 2. The zero-order valence-electron chi connectivity index (χ0n) is 15.3. The van der Waals surface area contributed by atoms with E-state index in [4.69, 9.17) is 11.3 Å². The molecule has 4 rings (SSSR count). The number of carbonyl (C=O) groups excluding carboxylic acids is 1. The molecule has 0 aliphatic carbocycles. The first-order chi connectivity index (χ1) is 13.6. The number of rotatable bonds is 4. The van der Waals surface area contributed by atoms with Crippen molar-refractivity contribution in [2.24, 2.45) is 0 Å². The van der Waals surface area contributed by atoms with Gasteiger partial charge in [-0.25, -0.2) is 14.0 Å². The van der Waals surface area contributed by atoms with E-state index in [0.29, 0.717) is 16.6 Å². The third-order valence-electron chi connectivity index (χ3n) is 4.79. The summed E-state index contributed by atoms with van der Waals surface area (Å²) >= 11 is 0. The number of ether oxygens (including phenoxy) is 1. The highest BCUT2D eigenvalue weighted by Crippen LogP contribution is 2.31. The predicted octanol–water partition coefficient (Wildman–Crippen LogP) is 5.71. The van der Waals surface area contributed by atoms with Gasteiger partial charge in [-0.15, -0.1) is 0 Å². The number of benzene rings is 3. The van der Waals surface area contributed by atoms with Gasteiger partial charge in [0.2, 0.25) is 0 Å². The molecule has 0 aliphatic heterocycles. The number of fused-ring (bicyclic) bond motifs is 2. The second kappa shape index (κ2) is 7.16. The molecule has 5 heteroatoms. The molecule has 0 aliphatic rings. The van der Waals surface area contributed by atoms with E-state index < -0.39 is 11.8 Å². The maximum absolute atomic E-state index is 15.1. The Morgan fingerprint density at radius 1 is 1.11 bits per heavy atom. The van der Waals surface area contributed by atoms with Crippen LogP contribution in [0.4, 0.5) is 10.1 Å². The van der Waals surface area contributed by atoms with Crippen LogP contribution in [0.25, 0.3) is 26.5 Å². The summed E-state index contributed by atoms with van der Waals surface area (Å²) in [4.78, 5) is 16.0. The zero-order chi connectivity index (χ0) is 19.7. The van der Waals surface area contributed by atoms with Gasteiger partial charge in [0.15, 0.2) is 17.2 Å². The highest BCUT2D eigenvalue weighted by molar-refractivity contribution is 5.97. The van der Waals surface area contributed by atoms with E-state index >= 15 is 4.39 Å². The molecule has 0 amide bonds. The molecular weight excluding hydrogens is 355 g/mol. The predicted molar refractivity (Wildman–Crippen MR) is 107 cm³/mol. The Hall–Kier alpha value is -3.65. The molecule has 0 unspecified atom stereocenters. The van der Waals surface area contributed by atoms with Crippen molar-refractivity contribution in [3.63, 3.8) is 0 Å². The van der Waals surface area contributed by atoms with Gasteiger partial charge in [0.25, 0.3) is 0 Å². The van der Waals surface area contributed by atoms with Crippen molar-refractivity contribution in [3.05, 3.63) is 89.2 Å². The summed E-state index contributed by atoms with van der Waals surface area (Å²) < 4.78 is 21.8. The summed E-state index contributed by atoms with van der Waals surface area (Å²) in [6.07, 6.45) is 0. The second-order valence-corrected chi connectivity index (χ2v) is 6.42. The number of aromatic nitrogens is 1. The van der Waals surface area contributed by atoms with Gasteiger partial charge in [-0.3, -0.25) is 0 Å². The van der Waals surface area contributed by atoms with Gasteiger partial charge in [0, 0.05) is 17.4 Å². The molecule has 0 fully saturated rings. The first kappa shape index (κ1) is 17.7. The number of carbonyl (C=O) groups is 1. The molecule has 4 nitrogen and oxygen atoms in total. The van der Waals surface area contributed by atoms with Crippen LogP contribution in [0.5, 0.6) is 0 Å². The molecule has 0 radical (unpaired) electrons. The summed E-state index contributed by atoms with van der Waals surface area (Å²) in [5, 5.41) is 2.40. The molecule has 1 heterocycles. The van der Waals surface area contributed by atoms with Crippen LogP contribution in [0.1, 0.15) is 23.0 Å². The summed E-state index contributed by atoms with van der Waals surface area (Å²) in [7, 11) is 0. The van der Waals surface area contributed by atoms with Crippen LogP contribution in [0.2, 0.25) is 0 Å². The fourth-order valence-corrected chi connectivity index (χ4v) is 3.53. The SMILES string of the molecule is [C-]#[N+]c1ccc2c(F)c(C(=O)OCC)n(Cc3cccc4ccccc34)c2c1. The molecule has 0 N–H and O–H groups in total. The van der Waals surface area contributed by atoms with Crippen molar-refractivity contribution in [1.29, 1.82) is 0 Å². The smallest absolute Gasteiger partial charge is 0.358 e. The van der Waals surface area contributed by atoms with Gasteiger partial charge in [0.1, 0.15) is 0 Å². The first-order valence-electron chi connectivity index (χ1n) is 8.97. The molecule has 3 aromatic carbocycles. The minimum atomic E-state index is -0.708. The van der Waals surface area contributed by atoms with Crippen LogP contribution in [0.3, 0.4) is 0 Å². The monoisotopic (exact) mass is 372 g/mol. The van der Waals surface area contributed by atoms with Crippen molar-refractivity contribution in [2.45, 2.75) is 13.5 Å². The fourth-order valence-electron chi connectivity index (χ4n) is 3.53. The lowest BCUT2D eigenvalue weighted by Gasteiger charge is -2.12. The first-order valence-corrected chi connectivity index (χ1v) is 8.97. The second-order valence-electron chi connectivity index (χ2n) is 6.42. The molecule has 0 saturated carbocycles. The maximum atomic E-state index is 15.1. The largest absolute Gasteiger partial charge is 0.461 e. The summed E-state index contributed by atoms with van der Waals surface area (Å²) in [6.45, 7) is 9.39. The van der Waals surface area contributed by atoms with Crippen LogP contribution in [0.15, 0.2) is 60.7 Å². The summed E-state index contributed by atoms with van der Waals surface area (Å²) in [6, 6.07) is 18.5. The molecule has 0 saturated heterocycles. The molecule has 0 atom stereocenters. The van der Waals surface area contributed by atoms with E-state index in [-0.39, 0.29) is 18.8 Å². The van der Waals surface area contributed by atoms with E-state index in [2.05, 4.69) is 4.85 Å². The Labute approximate surface area is 161 Å². The van der Waals surface area contributed by atoms with Crippen molar-refractivity contribution < 1.29 is 13.9 Å². The number of nitrogens with zero attached hydrogens (tertiary/aromatic N) is 2.